The molecule has 2 aromatic rings. The lowest BCUT2D eigenvalue weighted by atomic mass is 10.1. The van der Waals surface area contributed by atoms with Gasteiger partial charge in [-0.15, -0.1) is 11.3 Å². The molecular weight excluding hydrogens is 382 g/mol. The Morgan fingerprint density at radius 1 is 1.11 bits per heavy atom. The van der Waals surface area contributed by atoms with Crippen LogP contribution in [-0.4, -0.2) is 47.9 Å². The average Bonchev–Trinajstić information content (AvgIpc) is 3.41. The summed E-state index contributed by atoms with van der Waals surface area (Å²) in [6.07, 6.45) is 2.38. The summed E-state index contributed by atoms with van der Waals surface area (Å²) in [4.78, 5) is 29.8. The third kappa shape index (κ3) is 3.96. The fraction of sp³-hybridized carbons (Fsp3) is 0.400. The van der Waals surface area contributed by atoms with E-state index >= 15 is 0 Å². The number of benzene rings is 1. The van der Waals surface area contributed by atoms with Gasteiger partial charge in [-0.1, -0.05) is 17.7 Å². The van der Waals surface area contributed by atoms with E-state index in [2.05, 4.69) is 11.4 Å². The van der Waals surface area contributed by atoms with Gasteiger partial charge < -0.3 is 15.1 Å². The molecule has 27 heavy (non-hydrogen) atoms. The van der Waals surface area contributed by atoms with Gasteiger partial charge in [0.25, 0.3) is 5.91 Å². The molecule has 7 heteroatoms. The molecule has 0 spiro atoms. The van der Waals surface area contributed by atoms with Crippen LogP contribution in [0.3, 0.4) is 0 Å². The molecule has 1 aromatic heterocycles. The van der Waals surface area contributed by atoms with Crippen molar-refractivity contribution in [2.24, 2.45) is 0 Å². The summed E-state index contributed by atoms with van der Waals surface area (Å²) in [5, 5.41) is 5.53. The van der Waals surface area contributed by atoms with E-state index in [9.17, 15) is 9.59 Å². The van der Waals surface area contributed by atoms with E-state index in [4.69, 9.17) is 11.6 Å². The molecule has 1 saturated carbocycles. The van der Waals surface area contributed by atoms with Crippen molar-refractivity contribution in [2.45, 2.75) is 25.7 Å². The number of urea groups is 1. The zero-order valence-corrected chi connectivity index (χ0v) is 16.8. The van der Waals surface area contributed by atoms with Crippen molar-refractivity contribution in [2.75, 3.05) is 31.5 Å². The number of carbonyl (C=O) groups excluding carboxylic acids is 2. The van der Waals surface area contributed by atoms with E-state index in [1.165, 1.54) is 29.7 Å². The Bertz CT molecular complexity index is 870. The Hall–Kier alpha value is -2.05. The van der Waals surface area contributed by atoms with E-state index in [1.54, 1.807) is 11.0 Å². The quantitative estimate of drug-likeness (QED) is 0.815. The normalized spacial score (nSPS) is 17.1. The molecule has 1 aliphatic carbocycles. The Balaban J connectivity index is 1.34. The first-order chi connectivity index (χ1) is 13.0. The van der Waals surface area contributed by atoms with Crippen LogP contribution in [0.15, 0.2) is 29.6 Å². The lowest BCUT2D eigenvalue weighted by Gasteiger charge is -2.34. The van der Waals surface area contributed by atoms with Gasteiger partial charge in [-0.05, 0) is 60.4 Å². The number of piperazine rings is 1. The summed E-state index contributed by atoms with van der Waals surface area (Å²) in [5.41, 5.74) is 2.86. The van der Waals surface area contributed by atoms with Gasteiger partial charge in [0, 0.05) is 36.9 Å². The highest BCUT2D eigenvalue weighted by Crippen LogP contribution is 2.43. The molecule has 3 amide bonds. The van der Waals surface area contributed by atoms with Crippen LogP contribution in [0.4, 0.5) is 10.5 Å². The maximum Gasteiger partial charge on any atom is 0.321 e. The highest BCUT2D eigenvalue weighted by Gasteiger charge is 2.32. The molecule has 0 atom stereocenters. The first-order valence-electron chi connectivity index (χ1n) is 9.21. The second kappa shape index (κ2) is 7.52. The maximum absolute atomic E-state index is 12.9. The zero-order valence-electron chi connectivity index (χ0n) is 15.2. The van der Waals surface area contributed by atoms with Crippen molar-refractivity contribution in [3.63, 3.8) is 0 Å². The number of amides is 3. The Labute approximate surface area is 167 Å². The smallest absolute Gasteiger partial charge is 0.321 e. The Morgan fingerprint density at radius 2 is 1.81 bits per heavy atom. The van der Waals surface area contributed by atoms with Gasteiger partial charge in [0.2, 0.25) is 0 Å². The Kier molecular flexibility index (Phi) is 5.10. The van der Waals surface area contributed by atoms with Gasteiger partial charge in [-0.3, -0.25) is 4.79 Å². The summed E-state index contributed by atoms with van der Waals surface area (Å²) in [6.45, 7) is 4.10. The van der Waals surface area contributed by atoms with Crippen LogP contribution in [-0.2, 0) is 0 Å². The molecule has 2 fully saturated rings. The first-order valence-corrected chi connectivity index (χ1v) is 10.5. The van der Waals surface area contributed by atoms with Gasteiger partial charge in [0.05, 0.1) is 4.88 Å². The minimum absolute atomic E-state index is 0.109. The van der Waals surface area contributed by atoms with E-state index in [-0.39, 0.29) is 11.9 Å². The maximum atomic E-state index is 12.9. The van der Waals surface area contributed by atoms with Crippen molar-refractivity contribution in [3.8, 4) is 0 Å². The van der Waals surface area contributed by atoms with Crippen LogP contribution in [0.2, 0.25) is 5.02 Å². The number of nitrogens with one attached hydrogen (secondary N) is 1. The summed E-state index contributed by atoms with van der Waals surface area (Å²) in [5.74, 6) is 0.681. The highest BCUT2D eigenvalue weighted by atomic mass is 35.5. The van der Waals surface area contributed by atoms with Crippen molar-refractivity contribution < 1.29 is 9.59 Å². The number of halogens is 1. The molecule has 0 bridgehead atoms. The number of thiophene rings is 1. The molecule has 1 saturated heterocycles. The number of hydrogen-bond donors (Lipinski definition) is 1. The molecule has 1 aliphatic heterocycles. The predicted molar refractivity (Wildman–Crippen MR) is 109 cm³/mol. The summed E-state index contributed by atoms with van der Waals surface area (Å²) >= 11 is 7.65. The minimum atomic E-state index is -0.156. The number of nitrogens with zero attached hydrogens (tertiary/aromatic N) is 2. The number of hydrogen-bond acceptors (Lipinski definition) is 3. The molecule has 0 unspecified atom stereocenters. The lowest BCUT2D eigenvalue weighted by molar-refractivity contribution is 0.0675. The van der Waals surface area contributed by atoms with Crippen molar-refractivity contribution in [1.82, 2.24) is 9.80 Å². The van der Waals surface area contributed by atoms with E-state index in [0.29, 0.717) is 42.8 Å². The largest absolute Gasteiger partial charge is 0.334 e. The second-order valence-corrected chi connectivity index (χ2v) is 8.48. The SMILES string of the molecule is Cc1ccc(NC(=O)N2CCN(C(=O)c3sccc3C3CC3)CC2)cc1Cl. The second-order valence-electron chi connectivity index (χ2n) is 7.15. The molecule has 1 aromatic carbocycles. The van der Waals surface area contributed by atoms with Crippen molar-refractivity contribution in [1.29, 1.82) is 0 Å². The number of anilines is 1. The first kappa shape index (κ1) is 18.3. The molecule has 4 rings (SSSR count). The van der Waals surface area contributed by atoms with Gasteiger partial charge >= 0.3 is 6.03 Å². The summed E-state index contributed by atoms with van der Waals surface area (Å²) in [6, 6.07) is 7.41. The van der Waals surface area contributed by atoms with Gasteiger partial charge in [0.15, 0.2) is 0 Å². The van der Waals surface area contributed by atoms with Crippen molar-refractivity contribution >= 4 is 40.6 Å². The van der Waals surface area contributed by atoms with Crippen LogP contribution in [0.5, 0.6) is 0 Å². The van der Waals surface area contributed by atoms with Crippen LogP contribution in [0.1, 0.15) is 39.6 Å². The van der Waals surface area contributed by atoms with Crippen molar-refractivity contribution in [3.05, 3.63) is 50.7 Å². The molecule has 0 radical (unpaired) electrons. The molecule has 1 N–H and O–H groups in total. The molecule has 5 nitrogen and oxygen atoms in total. The van der Waals surface area contributed by atoms with Crippen LogP contribution < -0.4 is 5.32 Å². The number of rotatable bonds is 3. The fourth-order valence-electron chi connectivity index (χ4n) is 3.34. The third-order valence-corrected chi connectivity index (χ3v) is 6.51. The van der Waals surface area contributed by atoms with E-state index < -0.39 is 0 Å². The summed E-state index contributed by atoms with van der Waals surface area (Å²) in [7, 11) is 0. The van der Waals surface area contributed by atoms with Gasteiger partial charge in [0.1, 0.15) is 0 Å². The third-order valence-electron chi connectivity index (χ3n) is 5.18. The topological polar surface area (TPSA) is 52.7 Å². The predicted octanol–water partition coefficient (Wildman–Crippen LogP) is 4.58. The highest BCUT2D eigenvalue weighted by molar-refractivity contribution is 7.12. The monoisotopic (exact) mass is 403 g/mol. The fourth-order valence-corrected chi connectivity index (χ4v) is 4.47. The molecule has 2 aliphatic rings. The van der Waals surface area contributed by atoms with Crippen LogP contribution in [0.25, 0.3) is 0 Å². The number of carbonyl (C=O) groups is 2. The summed E-state index contributed by atoms with van der Waals surface area (Å²) < 4.78 is 0. The lowest BCUT2D eigenvalue weighted by Crippen LogP contribution is -2.51. The van der Waals surface area contributed by atoms with Crippen LogP contribution in [0, 0.1) is 6.92 Å². The van der Waals surface area contributed by atoms with Crippen LogP contribution >= 0.6 is 22.9 Å². The van der Waals surface area contributed by atoms with Gasteiger partial charge in [-0.2, -0.15) is 0 Å². The average molecular weight is 404 g/mol. The standard InChI is InChI=1S/C20H22ClN3O2S/c1-13-2-5-15(12-17(13)21)22-20(26)24-9-7-23(8-10-24)19(25)18-16(6-11-27-18)14-3-4-14/h2,5-6,11-12,14H,3-4,7-10H2,1H3,(H,22,26). The Morgan fingerprint density at radius 3 is 2.48 bits per heavy atom. The van der Waals surface area contributed by atoms with E-state index in [0.717, 1.165) is 10.4 Å². The van der Waals surface area contributed by atoms with Gasteiger partial charge in [-0.25, -0.2) is 4.79 Å². The molecule has 2 heterocycles. The van der Waals surface area contributed by atoms with E-state index in [1.807, 2.05) is 29.3 Å². The molecule has 142 valence electrons. The number of aryl methyl sites for hydroxylation is 1. The molecular formula is C20H22ClN3O2S. The minimum Gasteiger partial charge on any atom is -0.334 e. The zero-order chi connectivity index (χ0) is 19.0.